The van der Waals surface area contributed by atoms with Gasteiger partial charge < -0.3 is 10.2 Å². The average Bonchev–Trinajstić information content (AvgIpc) is 2.71. The van der Waals surface area contributed by atoms with Gasteiger partial charge in [0.1, 0.15) is 12.1 Å². The molecule has 17 heavy (non-hydrogen) atoms. The van der Waals surface area contributed by atoms with Gasteiger partial charge in [-0.2, -0.15) is 5.10 Å². The molecule has 0 fully saturated rings. The molecule has 0 aromatic carbocycles. The van der Waals surface area contributed by atoms with Gasteiger partial charge in [0.2, 0.25) is 0 Å². The normalized spacial score (nSPS) is 11.0. The SMILES string of the molecule is CNCCCN(C)c1ncnc2c1cnn2C. The Morgan fingerprint density at radius 1 is 1.41 bits per heavy atom. The Labute approximate surface area is 101 Å². The van der Waals surface area contributed by atoms with Crippen LogP contribution in [-0.4, -0.2) is 46.9 Å². The summed E-state index contributed by atoms with van der Waals surface area (Å²) in [6, 6.07) is 0. The number of hydrogen-bond donors (Lipinski definition) is 1. The molecule has 0 aliphatic carbocycles. The van der Waals surface area contributed by atoms with E-state index in [-0.39, 0.29) is 0 Å². The van der Waals surface area contributed by atoms with Crippen LogP contribution in [0.2, 0.25) is 0 Å². The van der Waals surface area contributed by atoms with E-state index >= 15 is 0 Å². The van der Waals surface area contributed by atoms with Crippen LogP contribution < -0.4 is 10.2 Å². The summed E-state index contributed by atoms with van der Waals surface area (Å²) in [7, 11) is 5.90. The summed E-state index contributed by atoms with van der Waals surface area (Å²) in [6.07, 6.45) is 4.49. The Morgan fingerprint density at radius 2 is 2.24 bits per heavy atom. The van der Waals surface area contributed by atoms with Crippen LogP contribution in [0.3, 0.4) is 0 Å². The molecule has 2 aromatic heterocycles. The minimum atomic E-state index is 0.871. The van der Waals surface area contributed by atoms with E-state index < -0.39 is 0 Å². The van der Waals surface area contributed by atoms with Gasteiger partial charge in [-0.3, -0.25) is 4.68 Å². The third kappa shape index (κ3) is 2.36. The summed E-state index contributed by atoms with van der Waals surface area (Å²) < 4.78 is 1.77. The number of nitrogens with one attached hydrogen (secondary N) is 1. The van der Waals surface area contributed by atoms with Gasteiger partial charge in [-0.15, -0.1) is 0 Å². The topological polar surface area (TPSA) is 58.9 Å². The Balaban J connectivity index is 2.22. The molecule has 2 aromatic rings. The van der Waals surface area contributed by atoms with Gasteiger partial charge in [0.15, 0.2) is 5.65 Å². The van der Waals surface area contributed by atoms with E-state index in [4.69, 9.17) is 0 Å². The van der Waals surface area contributed by atoms with Crippen molar-refractivity contribution in [3.05, 3.63) is 12.5 Å². The monoisotopic (exact) mass is 234 g/mol. The van der Waals surface area contributed by atoms with Crippen molar-refractivity contribution in [2.45, 2.75) is 6.42 Å². The van der Waals surface area contributed by atoms with Gasteiger partial charge in [-0.25, -0.2) is 9.97 Å². The van der Waals surface area contributed by atoms with Gasteiger partial charge in [-0.1, -0.05) is 0 Å². The van der Waals surface area contributed by atoms with Gasteiger partial charge in [0.05, 0.1) is 11.6 Å². The quantitative estimate of drug-likeness (QED) is 0.759. The summed E-state index contributed by atoms with van der Waals surface area (Å²) in [5.74, 6) is 0.944. The standard InChI is InChI=1S/C11H18N6/c1-12-5-4-6-16(2)10-9-7-15-17(3)11(9)14-8-13-10/h7-8,12H,4-6H2,1-3H3. The molecule has 0 aliphatic heterocycles. The lowest BCUT2D eigenvalue weighted by Crippen LogP contribution is -2.23. The van der Waals surface area contributed by atoms with E-state index in [0.29, 0.717) is 0 Å². The number of nitrogens with zero attached hydrogens (tertiary/aromatic N) is 5. The fourth-order valence-electron chi connectivity index (χ4n) is 1.85. The maximum Gasteiger partial charge on any atom is 0.163 e. The van der Waals surface area contributed by atoms with Crippen molar-refractivity contribution in [3.63, 3.8) is 0 Å². The van der Waals surface area contributed by atoms with Crippen LogP contribution in [0.5, 0.6) is 0 Å². The lowest BCUT2D eigenvalue weighted by Gasteiger charge is -2.18. The number of hydrogen-bond acceptors (Lipinski definition) is 5. The van der Waals surface area contributed by atoms with Crippen LogP contribution in [0.15, 0.2) is 12.5 Å². The first-order valence-corrected chi connectivity index (χ1v) is 5.72. The van der Waals surface area contributed by atoms with Crippen LogP contribution in [0.4, 0.5) is 5.82 Å². The van der Waals surface area contributed by atoms with Crippen molar-refractivity contribution in [1.29, 1.82) is 0 Å². The van der Waals surface area contributed by atoms with Crippen LogP contribution in [0.25, 0.3) is 11.0 Å². The maximum atomic E-state index is 4.34. The zero-order valence-corrected chi connectivity index (χ0v) is 10.5. The van der Waals surface area contributed by atoms with Crippen molar-refractivity contribution in [1.82, 2.24) is 25.1 Å². The molecule has 6 heteroatoms. The highest BCUT2D eigenvalue weighted by Crippen LogP contribution is 2.20. The van der Waals surface area contributed by atoms with Crippen LogP contribution in [-0.2, 0) is 7.05 Å². The predicted molar refractivity (Wildman–Crippen MR) is 68.1 cm³/mol. The smallest absolute Gasteiger partial charge is 0.163 e. The first kappa shape index (κ1) is 11.8. The Morgan fingerprint density at radius 3 is 3.00 bits per heavy atom. The molecule has 0 bridgehead atoms. The molecule has 1 N–H and O–H groups in total. The second-order valence-corrected chi connectivity index (χ2v) is 4.08. The number of aryl methyl sites for hydroxylation is 1. The second-order valence-electron chi connectivity index (χ2n) is 4.08. The summed E-state index contributed by atoms with van der Waals surface area (Å²) in [6.45, 7) is 1.97. The second kappa shape index (κ2) is 5.09. The van der Waals surface area contributed by atoms with Crippen LogP contribution >= 0.6 is 0 Å². The van der Waals surface area contributed by atoms with Gasteiger partial charge in [-0.05, 0) is 20.0 Å². The summed E-state index contributed by atoms with van der Waals surface area (Å²) >= 11 is 0. The molecular weight excluding hydrogens is 216 g/mol. The molecule has 92 valence electrons. The van der Waals surface area contributed by atoms with Crippen molar-refractivity contribution in [2.75, 3.05) is 32.1 Å². The molecule has 0 aliphatic rings. The molecule has 2 heterocycles. The van der Waals surface area contributed by atoms with Crippen LogP contribution in [0.1, 0.15) is 6.42 Å². The van der Waals surface area contributed by atoms with E-state index in [1.165, 1.54) is 0 Å². The highest BCUT2D eigenvalue weighted by Gasteiger charge is 2.10. The number of fused-ring (bicyclic) bond motifs is 1. The van der Waals surface area contributed by atoms with Crippen molar-refractivity contribution < 1.29 is 0 Å². The lowest BCUT2D eigenvalue weighted by atomic mass is 10.3. The van der Waals surface area contributed by atoms with Gasteiger partial charge in [0.25, 0.3) is 0 Å². The van der Waals surface area contributed by atoms with E-state index in [1.54, 1.807) is 11.0 Å². The molecule has 0 unspecified atom stereocenters. The summed E-state index contributed by atoms with van der Waals surface area (Å²) in [5, 5.41) is 8.35. The highest BCUT2D eigenvalue weighted by atomic mass is 15.3. The van der Waals surface area contributed by atoms with Gasteiger partial charge in [0, 0.05) is 20.6 Å². The molecular formula is C11H18N6. The third-order valence-electron chi connectivity index (χ3n) is 2.79. The fraction of sp³-hybridized carbons (Fsp3) is 0.545. The molecule has 0 spiro atoms. The molecule has 0 radical (unpaired) electrons. The number of anilines is 1. The number of aromatic nitrogens is 4. The zero-order chi connectivity index (χ0) is 12.3. The zero-order valence-electron chi connectivity index (χ0n) is 10.5. The third-order valence-corrected chi connectivity index (χ3v) is 2.79. The molecule has 0 amide bonds. The molecule has 0 saturated heterocycles. The lowest BCUT2D eigenvalue weighted by molar-refractivity contribution is 0.710. The minimum Gasteiger partial charge on any atom is -0.359 e. The molecule has 0 saturated carbocycles. The van der Waals surface area contributed by atoms with E-state index in [9.17, 15) is 0 Å². The molecule has 0 atom stereocenters. The van der Waals surface area contributed by atoms with Crippen LogP contribution in [0, 0.1) is 0 Å². The summed E-state index contributed by atoms with van der Waals surface area (Å²) in [5.41, 5.74) is 0.871. The highest BCUT2D eigenvalue weighted by molar-refractivity contribution is 5.86. The number of rotatable bonds is 5. The van der Waals surface area contributed by atoms with E-state index in [1.807, 2.05) is 27.3 Å². The Hall–Kier alpha value is -1.69. The first-order valence-electron chi connectivity index (χ1n) is 5.72. The first-order chi connectivity index (χ1) is 8.24. The fourth-order valence-corrected chi connectivity index (χ4v) is 1.85. The molecule has 6 nitrogen and oxygen atoms in total. The Bertz CT molecular complexity index is 492. The maximum absolute atomic E-state index is 4.34. The van der Waals surface area contributed by atoms with Crippen molar-refractivity contribution in [3.8, 4) is 0 Å². The van der Waals surface area contributed by atoms with Crippen molar-refractivity contribution in [2.24, 2.45) is 7.05 Å². The largest absolute Gasteiger partial charge is 0.359 e. The Kier molecular flexibility index (Phi) is 3.53. The minimum absolute atomic E-state index is 0.871. The van der Waals surface area contributed by atoms with E-state index in [2.05, 4.69) is 25.3 Å². The predicted octanol–water partition coefficient (Wildman–Crippen LogP) is 0.409. The van der Waals surface area contributed by atoms with Crippen molar-refractivity contribution >= 4 is 16.9 Å². The van der Waals surface area contributed by atoms with Gasteiger partial charge >= 0.3 is 0 Å². The average molecular weight is 234 g/mol. The molecule has 2 rings (SSSR count). The van der Waals surface area contributed by atoms with E-state index in [0.717, 1.165) is 36.4 Å². The summed E-state index contributed by atoms with van der Waals surface area (Å²) in [4.78, 5) is 10.7.